The van der Waals surface area contributed by atoms with Crippen LogP contribution in [0.4, 0.5) is 0 Å². The summed E-state index contributed by atoms with van der Waals surface area (Å²) in [4.78, 5) is 13.6. The maximum atomic E-state index is 11.2. The molecule has 2 heterocycles. The molecule has 0 unspecified atom stereocenters. The van der Waals surface area contributed by atoms with Gasteiger partial charge in [-0.3, -0.25) is 9.58 Å². The summed E-state index contributed by atoms with van der Waals surface area (Å²) in [7, 11) is 0. The molecule has 2 aromatic rings. The van der Waals surface area contributed by atoms with Gasteiger partial charge in [0, 0.05) is 30.9 Å². The lowest BCUT2D eigenvalue weighted by Crippen LogP contribution is -2.38. The highest BCUT2D eigenvalue weighted by atomic mass is 16.5. The summed E-state index contributed by atoms with van der Waals surface area (Å²) < 4.78 is 7.43. The highest BCUT2D eigenvalue weighted by Gasteiger charge is 2.29. The van der Waals surface area contributed by atoms with Crippen molar-refractivity contribution < 1.29 is 14.6 Å². The number of carboxylic acids is 1. The second-order valence-electron chi connectivity index (χ2n) is 6.37. The van der Waals surface area contributed by atoms with Crippen molar-refractivity contribution in [2.75, 3.05) is 32.8 Å². The summed E-state index contributed by atoms with van der Waals surface area (Å²) in [6.07, 6.45) is 2.32. The van der Waals surface area contributed by atoms with E-state index in [0.29, 0.717) is 11.5 Å². The van der Waals surface area contributed by atoms with Gasteiger partial charge in [-0.2, -0.15) is 5.10 Å². The Morgan fingerprint density at radius 2 is 2.04 bits per heavy atom. The number of carbonyl (C=O) groups is 1. The maximum absolute atomic E-state index is 11.2. The van der Waals surface area contributed by atoms with Crippen molar-refractivity contribution in [3.63, 3.8) is 0 Å². The van der Waals surface area contributed by atoms with E-state index in [9.17, 15) is 9.90 Å². The molecule has 4 rings (SSSR count). The van der Waals surface area contributed by atoms with Crippen LogP contribution in [0.1, 0.15) is 34.8 Å². The van der Waals surface area contributed by atoms with Gasteiger partial charge in [-0.05, 0) is 31.0 Å². The summed E-state index contributed by atoms with van der Waals surface area (Å²) in [5.41, 5.74) is 2.46. The van der Waals surface area contributed by atoms with Crippen molar-refractivity contribution in [2.45, 2.75) is 25.3 Å². The average molecular weight is 315 g/mol. The Kier molecular flexibility index (Phi) is 3.79. The summed E-state index contributed by atoms with van der Waals surface area (Å²) in [6.45, 7) is 5.32. The van der Waals surface area contributed by atoms with E-state index in [0.717, 1.165) is 68.8 Å². The number of fused-ring (bicyclic) bond motifs is 1. The second kappa shape index (κ2) is 5.94. The topological polar surface area (TPSA) is 67.6 Å². The summed E-state index contributed by atoms with van der Waals surface area (Å²) in [5, 5.41) is 15.0. The molecule has 0 amide bonds. The lowest BCUT2D eigenvalue weighted by molar-refractivity contribution is 0.0361. The first-order chi connectivity index (χ1) is 11.2. The Labute approximate surface area is 134 Å². The number of rotatable bonds is 5. The monoisotopic (exact) mass is 315 g/mol. The third-order valence-electron chi connectivity index (χ3n) is 4.72. The summed E-state index contributed by atoms with van der Waals surface area (Å²) >= 11 is 0. The molecular weight excluding hydrogens is 294 g/mol. The third kappa shape index (κ3) is 2.96. The standard InChI is InChI=1S/C17H21N3O3/c21-17(22)13-3-4-15-14(11-13)16(12-1-2-12)18-20(15)6-5-19-7-9-23-10-8-19/h3-4,11-12H,1-2,5-10H2,(H,21,22). The SMILES string of the molecule is O=C(O)c1ccc2c(c1)c(C1CC1)nn2CCN1CCOCC1. The first kappa shape index (κ1) is 14.7. The average Bonchev–Trinajstić information content (AvgIpc) is 3.35. The van der Waals surface area contributed by atoms with Gasteiger partial charge in [0.2, 0.25) is 0 Å². The van der Waals surface area contributed by atoms with Gasteiger partial charge in [-0.1, -0.05) is 0 Å². The number of benzene rings is 1. The summed E-state index contributed by atoms with van der Waals surface area (Å²) in [6, 6.07) is 5.36. The van der Waals surface area contributed by atoms with E-state index in [4.69, 9.17) is 9.84 Å². The Morgan fingerprint density at radius 3 is 2.74 bits per heavy atom. The van der Waals surface area contributed by atoms with Gasteiger partial charge >= 0.3 is 5.97 Å². The molecule has 2 aliphatic rings. The van der Waals surface area contributed by atoms with Crippen LogP contribution in [0.2, 0.25) is 0 Å². The van der Waals surface area contributed by atoms with Crippen LogP contribution in [0, 0.1) is 0 Å². The van der Waals surface area contributed by atoms with Gasteiger partial charge in [-0.15, -0.1) is 0 Å². The van der Waals surface area contributed by atoms with Gasteiger partial charge in [0.25, 0.3) is 0 Å². The Balaban J connectivity index is 1.62. The predicted molar refractivity (Wildman–Crippen MR) is 85.9 cm³/mol. The number of hydrogen-bond donors (Lipinski definition) is 1. The fourth-order valence-electron chi connectivity index (χ4n) is 3.23. The molecule has 1 saturated carbocycles. The largest absolute Gasteiger partial charge is 0.478 e. The van der Waals surface area contributed by atoms with E-state index in [-0.39, 0.29) is 0 Å². The smallest absolute Gasteiger partial charge is 0.335 e. The first-order valence-corrected chi connectivity index (χ1v) is 8.26. The van der Waals surface area contributed by atoms with E-state index in [2.05, 4.69) is 4.90 Å². The number of morpholine rings is 1. The van der Waals surface area contributed by atoms with Crippen LogP contribution in [0.25, 0.3) is 10.9 Å². The molecule has 1 saturated heterocycles. The number of ether oxygens (including phenoxy) is 1. The molecule has 0 spiro atoms. The van der Waals surface area contributed by atoms with Crippen molar-refractivity contribution in [1.29, 1.82) is 0 Å². The van der Waals surface area contributed by atoms with Gasteiger partial charge < -0.3 is 9.84 Å². The van der Waals surface area contributed by atoms with Crippen LogP contribution in [0.5, 0.6) is 0 Å². The molecule has 1 aromatic heterocycles. The number of aromatic carboxylic acids is 1. The van der Waals surface area contributed by atoms with Crippen molar-refractivity contribution >= 4 is 16.9 Å². The van der Waals surface area contributed by atoms with E-state index in [1.165, 1.54) is 0 Å². The Bertz CT molecular complexity index is 730. The molecule has 23 heavy (non-hydrogen) atoms. The molecule has 6 nitrogen and oxygen atoms in total. The maximum Gasteiger partial charge on any atom is 0.335 e. The number of aromatic nitrogens is 2. The van der Waals surface area contributed by atoms with E-state index < -0.39 is 5.97 Å². The fourth-order valence-corrected chi connectivity index (χ4v) is 3.23. The van der Waals surface area contributed by atoms with Crippen molar-refractivity contribution in [3.05, 3.63) is 29.5 Å². The highest BCUT2D eigenvalue weighted by Crippen LogP contribution is 2.42. The highest BCUT2D eigenvalue weighted by molar-refractivity contribution is 5.94. The summed E-state index contributed by atoms with van der Waals surface area (Å²) in [5.74, 6) is -0.374. The number of carboxylic acid groups (broad SMARTS) is 1. The molecule has 122 valence electrons. The van der Waals surface area contributed by atoms with Crippen LogP contribution in [0.3, 0.4) is 0 Å². The zero-order valence-corrected chi connectivity index (χ0v) is 13.1. The van der Waals surface area contributed by atoms with Crippen molar-refractivity contribution in [1.82, 2.24) is 14.7 Å². The van der Waals surface area contributed by atoms with Gasteiger partial charge in [0.1, 0.15) is 0 Å². The van der Waals surface area contributed by atoms with E-state index in [1.54, 1.807) is 12.1 Å². The number of hydrogen-bond acceptors (Lipinski definition) is 4. The molecule has 2 fully saturated rings. The zero-order valence-electron chi connectivity index (χ0n) is 13.1. The van der Waals surface area contributed by atoms with Crippen molar-refractivity contribution in [3.8, 4) is 0 Å². The van der Waals surface area contributed by atoms with Crippen molar-refractivity contribution in [2.24, 2.45) is 0 Å². The molecule has 1 aliphatic heterocycles. The predicted octanol–water partition coefficient (Wildman–Crippen LogP) is 1.94. The van der Waals surface area contributed by atoms with E-state index in [1.807, 2.05) is 10.7 Å². The molecule has 6 heteroatoms. The minimum absolute atomic E-state index is 0.340. The molecule has 0 bridgehead atoms. The van der Waals surface area contributed by atoms with Crippen LogP contribution < -0.4 is 0 Å². The Morgan fingerprint density at radius 1 is 1.26 bits per heavy atom. The van der Waals surface area contributed by atoms with Gasteiger partial charge in [0.05, 0.1) is 36.5 Å². The van der Waals surface area contributed by atoms with Gasteiger partial charge in [-0.25, -0.2) is 4.79 Å². The molecule has 1 N–H and O–H groups in total. The first-order valence-electron chi connectivity index (χ1n) is 8.26. The van der Waals surface area contributed by atoms with Crippen LogP contribution >= 0.6 is 0 Å². The second-order valence-corrected chi connectivity index (χ2v) is 6.37. The normalized spacial score (nSPS) is 19.3. The number of nitrogens with zero attached hydrogens (tertiary/aromatic N) is 3. The molecular formula is C17H21N3O3. The third-order valence-corrected chi connectivity index (χ3v) is 4.72. The quantitative estimate of drug-likeness (QED) is 0.913. The zero-order chi connectivity index (χ0) is 15.8. The molecule has 0 radical (unpaired) electrons. The fraction of sp³-hybridized carbons (Fsp3) is 0.529. The van der Waals surface area contributed by atoms with E-state index >= 15 is 0 Å². The van der Waals surface area contributed by atoms with Crippen LogP contribution in [-0.2, 0) is 11.3 Å². The molecule has 1 aromatic carbocycles. The van der Waals surface area contributed by atoms with Crippen LogP contribution in [0.15, 0.2) is 18.2 Å². The minimum Gasteiger partial charge on any atom is -0.478 e. The van der Waals surface area contributed by atoms with Crippen LogP contribution in [-0.4, -0.2) is 58.6 Å². The van der Waals surface area contributed by atoms with Gasteiger partial charge in [0.15, 0.2) is 0 Å². The minimum atomic E-state index is -0.880. The Hall–Kier alpha value is -1.92. The lowest BCUT2D eigenvalue weighted by Gasteiger charge is -2.26. The lowest BCUT2D eigenvalue weighted by atomic mass is 10.1. The molecule has 0 atom stereocenters. The molecule has 1 aliphatic carbocycles.